The minimum atomic E-state index is -0.455. The fraction of sp³-hybridized carbons (Fsp3) is 0.625. The number of hydrogen-bond acceptors (Lipinski definition) is 3. The van der Waals surface area contributed by atoms with Crippen molar-refractivity contribution < 1.29 is 9.84 Å². The number of nitrogens with one attached hydrogen (secondary N) is 1. The Kier molecular flexibility index (Phi) is 6.58. The van der Waals surface area contributed by atoms with E-state index in [0.717, 1.165) is 24.4 Å². The Labute approximate surface area is 135 Å². The Morgan fingerprint density at radius 3 is 2.95 bits per heavy atom. The number of halogens is 1. The molecule has 0 radical (unpaired) electrons. The summed E-state index contributed by atoms with van der Waals surface area (Å²) < 4.78 is 7.01. The van der Waals surface area contributed by atoms with Crippen LogP contribution in [-0.2, 0) is 4.74 Å². The molecule has 3 nitrogen and oxygen atoms in total. The highest BCUT2D eigenvalue weighted by Gasteiger charge is 2.20. The van der Waals surface area contributed by atoms with E-state index in [4.69, 9.17) is 4.74 Å². The first-order chi connectivity index (χ1) is 9.65. The van der Waals surface area contributed by atoms with Crippen molar-refractivity contribution in [1.29, 1.82) is 0 Å². The molecule has 2 N–H and O–H groups in total. The van der Waals surface area contributed by atoms with Gasteiger partial charge in [-0.05, 0) is 53.5 Å². The van der Waals surface area contributed by atoms with Gasteiger partial charge in [-0.3, -0.25) is 0 Å². The lowest BCUT2D eigenvalue weighted by molar-refractivity contribution is -0.0274. The van der Waals surface area contributed by atoms with Crippen LogP contribution in [0.1, 0.15) is 32.6 Å². The average Bonchev–Trinajstić information content (AvgIpc) is 2.44. The summed E-state index contributed by atoms with van der Waals surface area (Å²) in [6, 6.07) is 8.08. The molecule has 2 rings (SSSR count). The van der Waals surface area contributed by atoms with Crippen molar-refractivity contribution in [3.63, 3.8) is 0 Å². The summed E-state index contributed by atoms with van der Waals surface area (Å²) in [5.74, 6) is 0.759. The highest BCUT2D eigenvalue weighted by Crippen LogP contribution is 2.25. The molecule has 3 atom stereocenters. The SMILES string of the molecule is CC1CCCC(OCC(O)CNc2ccccc2I)C1. The zero-order valence-electron chi connectivity index (χ0n) is 12.0. The number of ether oxygens (including phenoxy) is 1. The van der Waals surface area contributed by atoms with Crippen molar-refractivity contribution in [2.45, 2.75) is 44.8 Å². The number of hydrogen-bond donors (Lipinski definition) is 2. The van der Waals surface area contributed by atoms with Crippen molar-refractivity contribution in [2.75, 3.05) is 18.5 Å². The van der Waals surface area contributed by atoms with Gasteiger partial charge in [-0.2, -0.15) is 0 Å². The molecule has 1 saturated carbocycles. The van der Waals surface area contributed by atoms with Gasteiger partial charge in [0.25, 0.3) is 0 Å². The van der Waals surface area contributed by atoms with Gasteiger partial charge in [-0.25, -0.2) is 0 Å². The predicted octanol–water partition coefficient (Wildman–Crippen LogP) is 3.66. The molecule has 0 aromatic heterocycles. The van der Waals surface area contributed by atoms with E-state index in [1.54, 1.807) is 0 Å². The van der Waals surface area contributed by atoms with Crippen LogP contribution in [0.2, 0.25) is 0 Å². The van der Waals surface area contributed by atoms with Gasteiger partial charge in [0, 0.05) is 15.8 Å². The van der Waals surface area contributed by atoms with Crippen molar-refractivity contribution >= 4 is 28.3 Å². The topological polar surface area (TPSA) is 41.5 Å². The van der Waals surface area contributed by atoms with E-state index in [0.29, 0.717) is 19.3 Å². The van der Waals surface area contributed by atoms with Crippen LogP contribution in [0.4, 0.5) is 5.69 Å². The summed E-state index contributed by atoms with van der Waals surface area (Å²) in [4.78, 5) is 0. The summed E-state index contributed by atoms with van der Waals surface area (Å²) in [6.07, 6.45) is 4.73. The first kappa shape index (κ1) is 16.0. The third kappa shape index (κ3) is 5.22. The highest BCUT2D eigenvalue weighted by atomic mass is 127. The Morgan fingerprint density at radius 1 is 1.40 bits per heavy atom. The van der Waals surface area contributed by atoms with Gasteiger partial charge in [-0.15, -0.1) is 0 Å². The number of aliphatic hydroxyl groups excluding tert-OH is 1. The molecule has 0 aliphatic heterocycles. The number of rotatable bonds is 6. The average molecular weight is 389 g/mol. The zero-order valence-corrected chi connectivity index (χ0v) is 14.2. The van der Waals surface area contributed by atoms with Crippen LogP contribution in [0, 0.1) is 9.49 Å². The van der Waals surface area contributed by atoms with E-state index in [9.17, 15) is 5.11 Å². The maximum atomic E-state index is 10.0. The van der Waals surface area contributed by atoms with Gasteiger partial charge < -0.3 is 15.2 Å². The van der Waals surface area contributed by atoms with E-state index >= 15 is 0 Å². The van der Waals surface area contributed by atoms with Crippen molar-refractivity contribution in [1.82, 2.24) is 0 Å². The van der Waals surface area contributed by atoms with Gasteiger partial charge in [0.15, 0.2) is 0 Å². The van der Waals surface area contributed by atoms with Gasteiger partial charge in [0.2, 0.25) is 0 Å². The van der Waals surface area contributed by atoms with Gasteiger partial charge in [0.05, 0.1) is 18.8 Å². The van der Waals surface area contributed by atoms with E-state index in [1.165, 1.54) is 16.4 Å². The van der Waals surface area contributed by atoms with Gasteiger partial charge in [-0.1, -0.05) is 31.9 Å². The Morgan fingerprint density at radius 2 is 2.20 bits per heavy atom. The van der Waals surface area contributed by atoms with Gasteiger partial charge in [0.1, 0.15) is 0 Å². The van der Waals surface area contributed by atoms with Crippen LogP contribution in [-0.4, -0.2) is 30.5 Å². The van der Waals surface area contributed by atoms with Crippen LogP contribution < -0.4 is 5.32 Å². The molecule has 0 heterocycles. The maximum absolute atomic E-state index is 10.0. The number of benzene rings is 1. The molecule has 0 amide bonds. The number of anilines is 1. The normalized spacial score (nSPS) is 24.4. The molecule has 0 saturated heterocycles. The van der Waals surface area contributed by atoms with Crippen molar-refractivity contribution in [2.24, 2.45) is 5.92 Å². The molecule has 112 valence electrons. The molecule has 1 aliphatic carbocycles. The minimum absolute atomic E-state index is 0.338. The van der Waals surface area contributed by atoms with E-state index in [-0.39, 0.29) is 0 Å². The second-order valence-corrected chi connectivity index (χ2v) is 6.90. The molecule has 1 aliphatic rings. The minimum Gasteiger partial charge on any atom is -0.389 e. The zero-order chi connectivity index (χ0) is 14.4. The van der Waals surface area contributed by atoms with Crippen LogP contribution in [0.5, 0.6) is 0 Å². The van der Waals surface area contributed by atoms with E-state index < -0.39 is 6.10 Å². The number of aliphatic hydroxyl groups is 1. The molecule has 20 heavy (non-hydrogen) atoms. The first-order valence-electron chi connectivity index (χ1n) is 7.43. The maximum Gasteiger partial charge on any atom is 0.0945 e. The second kappa shape index (κ2) is 8.20. The predicted molar refractivity (Wildman–Crippen MR) is 91.0 cm³/mol. The van der Waals surface area contributed by atoms with Gasteiger partial charge >= 0.3 is 0 Å². The van der Waals surface area contributed by atoms with Crippen LogP contribution >= 0.6 is 22.6 Å². The second-order valence-electron chi connectivity index (χ2n) is 5.74. The quantitative estimate of drug-likeness (QED) is 0.730. The summed E-state index contributed by atoms with van der Waals surface area (Å²) >= 11 is 2.29. The summed E-state index contributed by atoms with van der Waals surface area (Å²) in [6.45, 7) is 3.24. The van der Waals surface area contributed by atoms with Crippen molar-refractivity contribution in [3.8, 4) is 0 Å². The van der Waals surface area contributed by atoms with E-state index in [2.05, 4.69) is 40.9 Å². The third-order valence-electron chi connectivity index (χ3n) is 3.81. The lowest BCUT2D eigenvalue weighted by Crippen LogP contribution is -2.30. The number of para-hydroxylation sites is 1. The monoisotopic (exact) mass is 389 g/mol. The molecule has 0 spiro atoms. The van der Waals surface area contributed by atoms with E-state index in [1.807, 2.05) is 18.2 Å². The van der Waals surface area contributed by atoms with Crippen LogP contribution in [0.25, 0.3) is 0 Å². The lowest BCUT2D eigenvalue weighted by Gasteiger charge is -2.27. The molecular formula is C16H24INO2. The van der Waals surface area contributed by atoms with Crippen LogP contribution in [0.3, 0.4) is 0 Å². The Balaban J connectivity index is 1.68. The molecule has 1 fully saturated rings. The highest BCUT2D eigenvalue weighted by molar-refractivity contribution is 14.1. The summed E-state index contributed by atoms with van der Waals surface area (Å²) in [5, 5.41) is 13.3. The third-order valence-corrected chi connectivity index (χ3v) is 4.76. The Hall–Kier alpha value is -0.330. The van der Waals surface area contributed by atoms with Crippen molar-refractivity contribution in [3.05, 3.63) is 27.8 Å². The molecular weight excluding hydrogens is 365 g/mol. The molecule has 0 bridgehead atoms. The molecule has 1 aromatic rings. The smallest absolute Gasteiger partial charge is 0.0945 e. The standard InChI is InChI=1S/C16H24INO2/c1-12-5-4-6-14(9-12)20-11-13(19)10-18-16-8-3-2-7-15(16)17/h2-3,7-8,12-14,18-19H,4-6,9-11H2,1H3. The fourth-order valence-corrected chi connectivity index (χ4v) is 3.25. The first-order valence-corrected chi connectivity index (χ1v) is 8.51. The summed E-state index contributed by atoms with van der Waals surface area (Å²) in [5.41, 5.74) is 1.07. The molecule has 4 heteroatoms. The fourth-order valence-electron chi connectivity index (χ4n) is 2.67. The molecule has 1 aromatic carbocycles. The molecule has 3 unspecified atom stereocenters. The Bertz CT molecular complexity index is 413. The summed E-state index contributed by atoms with van der Waals surface area (Å²) in [7, 11) is 0. The lowest BCUT2D eigenvalue weighted by atomic mass is 9.89. The van der Waals surface area contributed by atoms with Crippen LogP contribution in [0.15, 0.2) is 24.3 Å². The largest absolute Gasteiger partial charge is 0.389 e.